The van der Waals surface area contributed by atoms with Crippen molar-refractivity contribution in [2.24, 2.45) is 5.92 Å². The van der Waals surface area contributed by atoms with E-state index in [2.05, 4.69) is 0 Å². The van der Waals surface area contributed by atoms with Gasteiger partial charge in [-0.25, -0.2) is 0 Å². The Bertz CT molecular complexity index is 841. The molecule has 1 atom stereocenters. The van der Waals surface area contributed by atoms with Crippen LogP contribution in [0, 0.1) is 5.92 Å². The number of hydrogen-bond donors (Lipinski definition) is 0. The maximum atomic E-state index is 12.4. The minimum atomic E-state index is -0.500. The first kappa shape index (κ1) is 17.9. The number of hydrogen-bond acceptors (Lipinski definition) is 4. The number of nitrogens with zero attached hydrogens (tertiary/aromatic N) is 1. The number of anilines is 1. The van der Waals surface area contributed by atoms with E-state index in [0.717, 1.165) is 17.7 Å². The predicted octanol–water partition coefficient (Wildman–Crippen LogP) is 3.41. The van der Waals surface area contributed by atoms with Crippen LogP contribution in [0.4, 0.5) is 5.69 Å². The molecule has 1 saturated heterocycles. The van der Waals surface area contributed by atoms with E-state index in [4.69, 9.17) is 4.74 Å². The first-order valence-electron chi connectivity index (χ1n) is 8.70. The van der Waals surface area contributed by atoms with Crippen LogP contribution >= 0.6 is 0 Å². The number of Topliss-reactive ketones (excluding diaryl/α,β-unsaturated/α-hetero) is 1. The van der Waals surface area contributed by atoms with E-state index in [1.54, 1.807) is 29.2 Å². The molecule has 0 saturated carbocycles. The quantitative estimate of drug-likeness (QED) is 0.470. The third-order valence-electron chi connectivity index (χ3n) is 4.60. The van der Waals surface area contributed by atoms with Gasteiger partial charge in [0, 0.05) is 24.2 Å². The Hall–Kier alpha value is -2.95. The SMILES string of the molecule is CCc1ccccc1N1C[C@@H](C(=O)Oc2ccc(C(C)=O)cc2)CC1=O. The van der Waals surface area contributed by atoms with Crippen LogP contribution in [0.3, 0.4) is 0 Å². The van der Waals surface area contributed by atoms with Crippen LogP contribution in [0.25, 0.3) is 0 Å². The zero-order valence-corrected chi connectivity index (χ0v) is 14.9. The van der Waals surface area contributed by atoms with Crippen molar-refractivity contribution in [1.82, 2.24) is 0 Å². The summed E-state index contributed by atoms with van der Waals surface area (Å²) in [5, 5.41) is 0. The average molecular weight is 351 g/mol. The molecular weight excluding hydrogens is 330 g/mol. The molecule has 5 heteroatoms. The fourth-order valence-corrected chi connectivity index (χ4v) is 3.13. The lowest BCUT2D eigenvalue weighted by molar-refractivity contribution is -0.139. The van der Waals surface area contributed by atoms with Crippen molar-refractivity contribution in [2.45, 2.75) is 26.7 Å². The summed E-state index contributed by atoms with van der Waals surface area (Å²) < 4.78 is 5.39. The number of amides is 1. The van der Waals surface area contributed by atoms with Gasteiger partial charge in [-0.2, -0.15) is 0 Å². The third-order valence-corrected chi connectivity index (χ3v) is 4.60. The highest BCUT2D eigenvalue weighted by Gasteiger charge is 2.37. The Morgan fingerprint density at radius 1 is 1.12 bits per heavy atom. The first-order chi connectivity index (χ1) is 12.5. The maximum Gasteiger partial charge on any atom is 0.316 e. The Kier molecular flexibility index (Phi) is 5.16. The largest absolute Gasteiger partial charge is 0.426 e. The van der Waals surface area contributed by atoms with Gasteiger partial charge in [-0.1, -0.05) is 25.1 Å². The van der Waals surface area contributed by atoms with Crippen LogP contribution in [-0.4, -0.2) is 24.2 Å². The number of benzene rings is 2. The summed E-state index contributed by atoms with van der Waals surface area (Å²) in [6.07, 6.45) is 0.958. The Balaban J connectivity index is 1.70. The highest BCUT2D eigenvalue weighted by molar-refractivity contribution is 6.00. The van der Waals surface area contributed by atoms with Crippen molar-refractivity contribution >= 4 is 23.3 Å². The van der Waals surface area contributed by atoms with E-state index in [1.807, 2.05) is 31.2 Å². The molecule has 0 spiro atoms. The molecule has 1 aliphatic rings. The van der Waals surface area contributed by atoms with Crippen molar-refractivity contribution in [3.63, 3.8) is 0 Å². The molecule has 2 aromatic carbocycles. The molecule has 1 fully saturated rings. The lowest BCUT2D eigenvalue weighted by Gasteiger charge is -2.19. The van der Waals surface area contributed by atoms with E-state index in [9.17, 15) is 14.4 Å². The van der Waals surface area contributed by atoms with E-state index >= 15 is 0 Å². The second kappa shape index (κ2) is 7.52. The first-order valence-corrected chi connectivity index (χ1v) is 8.70. The van der Waals surface area contributed by atoms with Crippen LogP contribution in [-0.2, 0) is 16.0 Å². The lowest BCUT2D eigenvalue weighted by atomic mass is 10.1. The molecule has 0 aromatic heterocycles. The van der Waals surface area contributed by atoms with Gasteiger partial charge in [0.1, 0.15) is 5.75 Å². The number of carbonyl (C=O) groups excluding carboxylic acids is 3. The van der Waals surface area contributed by atoms with Crippen LogP contribution in [0.15, 0.2) is 48.5 Å². The van der Waals surface area contributed by atoms with E-state index in [0.29, 0.717) is 17.9 Å². The number of carbonyl (C=O) groups is 3. The Morgan fingerprint density at radius 3 is 2.46 bits per heavy atom. The second-order valence-corrected chi connectivity index (χ2v) is 6.39. The molecule has 0 unspecified atom stereocenters. The molecule has 5 nitrogen and oxygen atoms in total. The molecule has 134 valence electrons. The number of esters is 1. The van der Waals surface area contributed by atoms with Gasteiger partial charge in [-0.05, 0) is 49.2 Å². The van der Waals surface area contributed by atoms with Crippen LogP contribution in [0.1, 0.15) is 36.2 Å². The van der Waals surface area contributed by atoms with E-state index in [1.165, 1.54) is 6.92 Å². The normalized spacial score (nSPS) is 16.6. The van der Waals surface area contributed by atoms with Crippen molar-refractivity contribution in [3.05, 3.63) is 59.7 Å². The highest BCUT2D eigenvalue weighted by atomic mass is 16.5. The molecule has 0 aliphatic carbocycles. The summed E-state index contributed by atoms with van der Waals surface area (Å²) in [5.74, 6) is -0.667. The van der Waals surface area contributed by atoms with Gasteiger partial charge in [0.15, 0.2) is 5.78 Å². The zero-order valence-electron chi connectivity index (χ0n) is 14.9. The molecule has 0 bridgehead atoms. The second-order valence-electron chi connectivity index (χ2n) is 6.39. The van der Waals surface area contributed by atoms with Crippen LogP contribution < -0.4 is 9.64 Å². The van der Waals surface area contributed by atoms with Gasteiger partial charge in [0.05, 0.1) is 5.92 Å². The number of ketones is 1. The predicted molar refractivity (Wildman–Crippen MR) is 98.4 cm³/mol. The standard InChI is InChI=1S/C21H21NO4/c1-3-15-6-4-5-7-19(15)22-13-17(12-20(22)24)21(25)26-18-10-8-16(9-11-18)14(2)23/h4-11,17H,3,12-13H2,1-2H3/t17-/m0/s1. The van der Waals surface area contributed by atoms with Gasteiger partial charge in [-0.3, -0.25) is 14.4 Å². The number of ether oxygens (including phenoxy) is 1. The lowest BCUT2D eigenvalue weighted by Crippen LogP contribution is -2.28. The van der Waals surface area contributed by atoms with Crippen molar-refractivity contribution in [3.8, 4) is 5.75 Å². The minimum Gasteiger partial charge on any atom is -0.426 e. The Morgan fingerprint density at radius 2 is 1.81 bits per heavy atom. The molecule has 1 heterocycles. The van der Waals surface area contributed by atoms with Gasteiger partial charge < -0.3 is 9.64 Å². The fourth-order valence-electron chi connectivity index (χ4n) is 3.13. The summed E-state index contributed by atoms with van der Waals surface area (Å²) in [6.45, 7) is 3.84. The summed E-state index contributed by atoms with van der Waals surface area (Å²) in [4.78, 5) is 37.8. The number of rotatable bonds is 5. The molecule has 0 radical (unpaired) electrons. The maximum absolute atomic E-state index is 12.4. The average Bonchev–Trinajstić information content (AvgIpc) is 3.04. The molecule has 3 rings (SSSR count). The summed E-state index contributed by atoms with van der Waals surface area (Å²) in [6, 6.07) is 14.2. The number of para-hydroxylation sites is 1. The van der Waals surface area contributed by atoms with Crippen molar-refractivity contribution in [2.75, 3.05) is 11.4 Å². The summed E-state index contributed by atoms with van der Waals surface area (Å²) >= 11 is 0. The van der Waals surface area contributed by atoms with Crippen molar-refractivity contribution < 1.29 is 19.1 Å². The van der Waals surface area contributed by atoms with E-state index in [-0.39, 0.29) is 18.1 Å². The van der Waals surface area contributed by atoms with Gasteiger partial charge in [0.2, 0.25) is 5.91 Å². The van der Waals surface area contributed by atoms with Gasteiger partial charge >= 0.3 is 5.97 Å². The molecule has 1 amide bonds. The molecule has 26 heavy (non-hydrogen) atoms. The smallest absolute Gasteiger partial charge is 0.316 e. The van der Waals surface area contributed by atoms with Gasteiger partial charge in [0.25, 0.3) is 0 Å². The minimum absolute atomic E-state index is 0.0468. The Labute approximate surface area is 152 Å². The molecule has 1 aliphatic heterocycles. The molecule has 0 N–H and O–H groups in total. The highest BCUT2D eigenvalue weighted by Crippen LogP contribution is 2.29. The zero-order chi connectivity index (χ0) is 18.7. The third kappa shape index (κ3) is 3.67. The van der Waals surface area contributed by atoms with Crippen LogP contribution in [0.2, 0.25) is 0 Å². The molecule has 2 aromatic rings. The van der Waals surface area contributed by atoms with E-state index < -0.39 is 11.9 Å². The van der Waals surface area contributed by atoms with Crippen LogP contribution in [0.5, 0.6) is 5.75 Å². The van der Waals surface area contributed by atoms with Crippen molar-refractivity contribution in [1.29, 1.82) is 0 Å². The van der Waals surface area contributed by atoms with Gasteiger partial charge in [-0.15, -0.1) is 0 Å². The number of aryl methyl sites for hydroxylation is 1. The fraction of sp³-hybridized carbons (Fsp3) is 0.286. The molecular formula is C21H21NO4. The monoisotopic (exact) mass is 351 g/mol. The topological polar surface area (TPSA) is 63.7 Å². The summed E-state index contributed by atoms with van der Waals surface area (Å²) in [7, 11) is 0. The summed E-state index contributed by atoms with van der Waals surface area (Å²) in [5.41, 5.74) is 2.50.